The highest BCUT2D eigenvalue weighted by Crippen LogP contribution is 2.38. The molecule has 0 spiro atoms. The van der Waals surface area contributed by atoms with Crippen molar-refractivity contribution >= 4 is 15.9 Å². The zero-order valence-corrected chi connectivity index (χ0v) is 11.4. The Bertz CT molecular complexity index is 609. The molecule has 1 aliphatic carbocycles. The molecule has 2 aromatic rings. The quantitative estimate of drug-likeness (QED) is 0.839. The first-order valence-corrected chi connectivity index (χ1v) is 6.79. The molecule has 0 aliphatic heterocycles. The van der Waals surface area contributed by atoms with E-state index in [0.29, 0.717) is 5.56 Å². The van der Waals surface area contributed by atoms with Gasteiger partial charge in [-0.1, -0.05) is 34.1 Å². The first-order chi connectivity index (χ1) is 8.66. The van der Waals surface area contributed by atoms with Gasteiger partial charge in [-0.05, 0) is 47.7 Å². The lowest BCUT2D eigenvalue weighted by molar-refractivity contribution is 0.631. The summed E-state index contributed by atoms with van der Waals surface area (Å²) in [7, 11) is 0. The number of benzene rings is 2. The van der Waals surface area contributed by atoms with Crippen LogP contribution in [0.1, 0.15) is 23.6 Å². The number of halogens is 2. The predicted molar refractivity (Wildman–Crippen MR) is 74.8 cm³/mol. The van der Waals surface area contributed by atoms with Crippen molar-refractivity contribution in [1.82, 2.24) is 0 Å². The van der Waals surface area contributed by atoms with E-state index in [-0.39, 0.29) is 11.9 Å². The molecule has 0 amide bonds. The fourth-order valence-corrected chi connectivity index (χ4v) is 3.00. The van der Waals surface area contributed by atoms with Crippen LogP contribution in [0.15, 0.2) is 40.9 Å². The van der Waals surface area contributed by atoms with Gasteiger partial charge in [-0.3, -0.25) is 0 Å². The summed E-state index contributed by atoms with van der Waals surface area (Å²) in [5.74, 6) is -0.188. The molecule has 1 nitrogen and oxygen atoms in total. The average Bonchev–Trinajstić information content (AvgIpc) is 2.75. The van der Waals surface area contributed by atoms with Gasteiger partial charge in [0.25, 0.3) is 0 Å². The molecular weight excluding hydrogens is 293 g/mol. The summed E-state index contributed by atoms with van der Waals surface area (Å²) in [6.45, 7) is 0. The molecule has 1 atom stereocenters. The van der Waals surface area contributed by atoms with Crippen LogP contribution in [-0.2, 0) is 6.42 Å². The van der Waals surface area contributed by atoms with Crippen molar-refractivity contribution in [2.75, 3.05) is 0 Å². The minimum Gasteiger partial charge on any atom is -0.324 e. The second-order valence-electron chi connectivity index (χ2n) is 4.64. The van der Waals surface area contributed by atoms with Gasteiger partial charge in [-0.25, -0.2) is 4.39 Å². The van der Waals surface area contributed by atoms with E-state index in [1.807, 2.05) is 24.3 Å². The summed E-state index contributed by atoms with van der Waals surface area (Å²) in [6, 6.07) is 11.1. The highest BCUT2D eigenvalue weighted by Gasteiger charge is 2.22. The normalized spacial score (nSPS) is 17.8. The SMILES string of the molecule is NC1CCc2c(-c3cc(Br)ccc3F)cccc21. The molecule has 2 N–H and O–H groups in total. The van der Waals surface area contributed by atoms with Crippen LogP contribution in [0.2, 0.25) is 0 Å². The largest absolute Gasteiger partial charge is 0.324 e. The monoisotopic (exact) mass is 305 g/mol. The van der Waals surface area contributed by atoms with Crippen LogP contribution >= 0.6 is 15.9 Å². The minimum absolute atomic E-state index is 0.0927. The highest BCUT2D eigenvalue weighted by molar-refractivity contribution is 9.10. The maximum absolute atomic E-state index is 14.0. The molecule has 0 fully saturated rings. The van der Waals surface area contributed by atoms with Gasteiger partial charge < -0.3 is 5.73 Å². The lowest BCUT2D eigenvalue weighted by atomic mass is 9.96. The van der Waals surface area contributed by atoms with Crippen LogP contribution in [0.5, 0.6) is 0 Å². The van der Waals surface area contributed by atoms with Crippen molar-refractivity contribution in [3.63, 3.8) is 0 Å². The van der Waals surface area contributed by atoms with Gasteiger partial charge in [0.2, 0.25) is 0 Å². The van der Waals surface area contributed by atoms with Gasteiger partial charge >= 0.3 is 0 Å². The number of rotatable bonds is 1. The lowest BCUT2D eigenvalue weighted by Gasteiger charge is -2.11. The molecule has 1 unspecified atom stereocenters. The third-order valence-electron chi connectivity index (χ3n) is 3.54. The summed E-state index contributed by atoms with van der Waals surface area (Å²) in [5.41, 5.74) is 10.0. The standard InChI is InChI=1S/C15H13BrFN/c16-9-4-6-14(17)13(8-9)10-2-1-3-12-11(10)5-7-15(12)18/h1-4,6,8,15H,5,7,18H2. The van der Waals surface area contributed by atoms with Gasteiger partial charge in [-0.2, -0.15) is 0 Å². The van der Waals surface area contributed by atoms with Crippen LogP contribution in [0.3, 0.4) is 0 Å². The van der Waals surface area contributed by atoms with Gasteiger partial charge in [-0.15, -0.1) is 0 Å². The van der Waals surface area contributed by atoms with Gasteiger partial charge in [0.15, 0.2) is 0 Å². The Kier molecular flexibility index (Phi) is 2.96. The number of hydrogen-bond acceptors (Lipinski definition) is 1. The van der Waals surface area contributed by atoms with Gasteiger partial charge in [0, 0.05) is 16.1 Å². The topological polar surface area (TPSA) is 26.0 Å². The van der Waals surface area contributed by atoms with E-state index >= 15 is 0 Å². The highest BCUT2D eigenvalue weighted by atomic mass is 79.9. The van der Waals surface area contributed by atoms with E-state index in [1.54, 1.807) is 6.07 Å². The summed E-state index contributed by atoms with van der Waals surface area (Å²) < 4.78 is 14.9. The van der Waals surface area contributed by atoms with E-state index in [4.69, 9.17) is 5.73 Å². The van der Waals surface area contributed by atoms with Crippen molar-refractivity contribution in [3.8, 4) is 11.1 Å². The summed E-state index contributed by atoms with van der Waals surface area (Å²) in [4.78, 5) is 0. The van der Waals surface area contributed by atoms with E-state index in [2.05, 4.69) is 15.9 Å². The van der Waals surface area contributed by atoms with E-state index in [1.165, 1.54) is 11.6 Å². The molecule has 2 aromatic carbocycles. The molecule has 18 heavy (non-hydrogen) atoms. The molecule has 0 saturated heterocycles. The van der Waals surface area contributed by atoms with Crippen LogP contribution in [0.4, 0.5) is 4.39 Å². The Balaban J connectivity index is 2.21. The lowest BCUT2D eigenvalue weighted by Crippen LogP contribution is -2.05. The first kappa shape index (κ1) is 11.9. The molecule has 0 saturated carbocycles. The zero-order chi connectivity index (χ0) is 12.7. The summed E-state index contributed by atoms with van der Waals surface area (Å²) >= 11 is 3.39. The number of fused-ring (bicyclic) bond motifs is 1. The van der Waals surface area contributed by atoms with Crippen LogP contribution in [-0.4, -0.2) is 0 Å². The van der Waals surface area contributed by atoms with Crippen LogP contribution < -0.4 is 5.73 Å². The molecule has 3 heteroatoms. The van der Waals surface area contributed by atoms with Crippen molar-refractivity contribution in [3.05, 3.63) is 57.8 Å². The molecule has 0 bridgehead atoms. The summed E-state index contributed by atoms with van der Waals surface area (Å²) in [5, 5.41) is 0. The molecule has 0 heterocycles. The maximum atomic E-state index is 14.0. The smallest absolute Gasteiger partial charge is 0.131 e. The fourth-order valence-electron chi connectivity index (χ4n) is 2.64. The fraction of sp³-hybridized carbons (Fsp3) is 0.200. The number of nitrogens with two attached hydrogens (primary N) is 1. The number of hydrogen-bond donors (Lipinski definition) is 1. The third-order valence-corrected chi connectivity index (χ3v) is 4.03. The Morgan fingerprint density at radius 3 is 2.83 bits per heavy atom. The Hall–Kier alpha value is -1.19. The van der Waals surface area contributed by atoms with Crippen LogP contribution in [0.25, 0.3) is 11.1 Å². The van der Waals surface area contributed by atoms with E-state index in [0.717, 1.165) is 28.4 Å². The Morgan fingerprint density at radius 2 is 2.00 bits per heavy atom. The summed E-state index contributed by atoms with van der Waals surface area (Å²) in [6.07, 6.45) is 1.88. The first-order valence-electron chi connectivity index (χ1n) is 5.99. The Morgan fingerprint density at radius 1 is 1.17 bits per heavy atom. The molecule has 0 aromatic heterocycles. The molecular formula is C15H13BrFN. The molecule has 92 valence electrons. The maximum Gasteiger partial charge on any atom is 0.131 e. The average molecular weight is 306 g/mol. The predicted octanol–water partition coefficient (Wildman–Crippen LogP) is 4.20. The molecule has 3 rings (SSSR count). The Labute approximate surface area is 114 Å². The van der Waals surface area contributed by atoms with E-state index < -0.39 is 0 Å². The van der Waals surface area contributed by atoms with Gasteiger partial charge in [0.05, 0.1) is 0 Å². The van der Waals surface area contributed by atoms with Crippen molar-refractivity contribution < 1.29 is 4.39 Å². The van der Waals surface area contributed by atoms with Crippen molar-refractivity contribution in [2.24, 2.45) is 5.73 Å². The second-order valence-corrected chi connectivity index (χ2v) is 5.56. The molecule has 0 radical (unpaired) electrons. The van der Waals surface area contributed by atoms with Gasteiger partial charge in [0.1, 0.15) is 5.82 Å². The van der Waals surface area contributed by atoms with Crippen LogP contribution in [0, 0.1) is 5.82 Å². The molecule has 1 aliphatic rings. The van der Waals surface area contributed by atoms with E-state index in [9.17, 15) is 4.39 Å². The minimum atomic E-state index is -0.188. The van der Waals surface area contributed by atoms with Crippen molar-refractivity contribution in [2.45, 2.75) is 18.9 Å². The third kappa shape index (κ3) is 1.88. The zero-order valence-electron chi connectivity index (χ0n) is 9.79. The van der Waals surface area contributed by atoms with Crippen molar-refractivity contribution in [1.29, 1.82) is 0 Å². The second kappa shape index (κ2) is 4.48.